The van der Waals surface area contributed by atoms with Crippen LogP contribution in [0, 0.1) is 23.2 Å². The first-order valence-corrected chi connectivity index (χ1v) is 7.29. The number of methoxy groups -OCH3 is 1. The zero-order valence-electron chi connectivity index (χ0n) is 12.6. The molecule has 0 aliphatic rings. The summed E-state index contributed by atoms with van der Waals surface area (Å²) in [5.41, 5.74) is 4.81. The molecule has 1 heterocycles. The van der Waals surface area contributed by atoms with Crippen LogP contribution in [0.2, 0.25) is 10.0 Å². The van der Waals surface area contributed by atoms with Crippen LogP contribution in [0.3, 0.4) is 0 Å². The third kappa shape index (κ3) is 3.83. The Morgan fingerprint density at radius 3 is 2.40 bits per heavy atom. The van der Waals surface area contributed by atoms with Gasteiger partial charge in [0.1, 0.15) is 29.7 Å². The Labute approximate surface area is 150 Å². The zero-order chi connectivity index (χ0) is 18.8. The van der Waals surface area contributed by atoms with E-state index >= 15 is 0 Å². The van der Waals surface area contributed by atoms with Crippen LogP contribution >= 0.6 is 23.2 Å². The molecule has 0 saturated carbocycles. The molecule has 0 bridgehead atoms. The lowest BCUT2D eigenvalue weighted by Gasteiger charge is -2.13. The molecule has 0 aliphatic carbocycles. The van der Waals surface area contributed by atoms with Gasteiger partial charge in [0, 0.05) is 7.11 Å². The number of alkyl halides is 3. The summed E-state index contributed by atoms with van der Waals surface area (Å²) in [7, 11) is 1.44. The molecule has 2 N–H and O–H groups in total. The van der Waals surface area contributed by atoms with Gasteiger partial charge in [-0.3, -0.25) is 0 Å². The first kappa shape index (κ1) is 18.9. The summed E-state index contributed by atoms with van der Waals surface area (Å²) in [5.74, 6) is 5.16. The number of nitrogens with zero attached hydrogens (tertiary/aromatic N) is 3. The van der Waals surface area contributed by atoms with Crippen molar-refractivity contribution in [1.82, 2.24) is 9.78 Å². The van der Waals surface area contributed by atoms with Crippen molar-refractivity contribution in [2.24, 2.45) is 0 Å². The summed E-state index contributed by atoms with van der Waals surface area (Å²) in [6.45, 7) is 0.0945. The number of nitrogens with two attached hydrogens (primary N) is 1. The minimum atomic E-state index is -4.62. The van der Waals surface area contributed by atoms with Gasteiger partial charge in [0.05, 0.1) is 15.6 Å². The monoisotopic (exact) mass is 388 g/mol. The van der Waals surface area contributed by atoms with E-state index in [0.29, 0.717) is 12.1 Å². The van der Waals surface area contributed by atoms with Crippen LogP contribution < -0.4 is 5.73 Å². The Kier molecular flexibility index (Phi) is 5.48. The molecular weight excluding hydrogens is 380 g/mol. The lowest BCUT2D eigenvalue weighted by molar-refractivity contribution is -0.137. The van der Waals surface area contributed by atoms with E-state index in [2.05, 4.69) is 16.9 Å². The minimum Gasteiger partial charge on any atom is -0.383 e. The van der Waals surface area contributed by atoms with Gasteiger partial charge in [0.15, 0.2) is 5.69 Å². The van der Waals surface area contributed by atoms with Crippen LogP contribution in [0.4, 0.5) is 19.0 Å². The standard InChI is InChI=1S/C15H9Cl2F3N4O/c1-25-4-2-3-9-12(7-21)23-24(14(9)22)13-10(16)5-8(6-11(13)17)15(18,19)20/h5-6H,4,22H2,1H3. The Morgan fingerprint density at radius 2 is 1.92 bits per heavy atom. The smallest absolute Gasteiger partial charge is 0.383 e. The van der Waals surface area contributed by atoms with Crippen molar-refractivity contribution < 1.29 is 17.9 Å². The van der Waals surface area contributed by atoms with Gasteiger partial charge < -0.3 is 10.5 Å². The second-order valence-electron chi connectivity index (χ2n) is 4.65. The molecule has 0 spiro atoms. The molecule has 2 aromatic rings. The quantitative estimate of drug-likeness (QED) is 0.796. The summed E-state index contributed by atoms with van der Waals surface area (Å²) in [6.07, 6.45) is -4.62. The third-order valence-electron chi connectivity index (χ3n) is 3.01. The highest BCUT2D eigenvalue weighted by molar-refractivity contribution is 6.38. The summed E-state index contributed by atoms with van der Waals surface area (Å²) in [6, 6.07) is 3.21. The molecule has 25 heavy (non-hydrogen) atoms. The van der Waals surface area contributed by atoms with E-state index in [1.807, 2.05) is 0 Å². The fourth-order valence-electron chi connectivity index (χ4n) is 1.93. The van der Waals surface area contributed by atoms with E-state index in [1.165, 1.54) is 7.11 Å². The maximum Gasteiger partial charge on any atom is 0.416 e. The van der Waals surface area contributed by atoms with Crippen molar-refractivity contribution in [2.75, 3.05) is 19.5 Å². The Bertz CT molecular complexity index is 897. The molecule has 130 valence electrons. The molecular formula is C15H9Cl2F3N4O. The molecule has 0 aliphatic heterocycles. The van der Waals surface area contributed by atoms with Crippen LogP contribution in [-0.2, 0) is 10.9 Å². The van der Waals surface area contributed by atoms with Crippen LogP contribution in [0.5, 0.6) is 0 Å². The van der Waals surface area contributed by atoms with Gasteiger partial charge in [0.25, 0.3) is 0 Å². The molecule has 0 saturated heterocycles. The highest BCUT2D eigenvalue weighted by Crippen LogP contribution is 2.38. The van der Waals surface area contributed by atoms with Crippen molar-refractivity contribution in [3.63, 3.8) is 0 Å². The van der Waals surface area contributed by atoms with Gasteiger partial charge >= 0.3 is 6.18 Å². The number of rotatable bonds is 2. The van der Waals surface area contributed by atoms with E-state index in [-0.39, 0.29) is 39.4 Å². The van der Waals surface area contributed by atoms with Gasteiger partial charge in [-0.25, -0.2) is 4.68 Å². The summed E-state index contributed by atoms with van der Waals surface area (Å²) < 4.78 is 44.2. The second-order valence-corrected chi connectivity index (χ2v) is 5.47. The Morgan fingerprint density at radius 1 is 1.32 bits per heavy atom. The first-order chi connectivity index (χ1) is 11.7. The molecule has 0 unspecified atom stereocenters. The molecule has 0 fully saturated rings. The normalized spacial score (nSPS) is 10.9. The number of nitrogen functional groups attached to an aromatic ring is 1. The van der Waals surface area contributed by atoms with Gasteiger partial charge in [0.2, 0.25) is 0 Å². The van der Waals surface area contributed by atoms with Crippen molar-refractivity contribution in [3.05, 3.63) is 39.0 Å². The van der Waals surface area contributed by atoms with Crippen molar-refractivity contribution in [3.8, 4) is 23.6 Å². The van der Waals surface area contributed by atoms with E-state index in [4.69, 9.17) is 38.9 Å². The average Bonchev–Trinajstić information content (AvgIpc) is 2.83. The van der Waals surface area contributed by atoms with E-state index in [0.717, 1.165) is 4.68 Å². The number of benzene rings is 1. The zero-order valence-corrected chi connectivity index (χ0v) is 14.1. The highest BCUT2D eigenvalue weighted by Gasteiger charge is 2.32. The number of anilines is 1. The number of hydrogen-bond acceptors (Lipinski definition) is 4. The van der Waals surface area contributed by atoms with E-state index in [9.17, 15) is 13.2 Å². The average molecular weight is 389 g/mol. The van der Waals surface area contributed by atoms with E-state index < -0.39 is 11.7 Å². The molecule has 2 rings (SSSR count). The minimum absolute atomic E-state index is 0.0786. The van der Waals surface area contributed by atoms with Gasteiger partial charge in [-0.15, -0.1) is 0 Å². The molecule has 0 amide bonds. The fourth-order valence-corrected chi connectivity index (χ4v) is 2.58. The number of halogens is 5. The van der Waals surface area contributed by atoms with Crippen LogP contribution in [0.25, 0.3) is 5.69 Å². The summed E-state index contributed by atoms with van der Waals surface area (Å²) in [4.78, 5) is 0. The maximum atomic E-state index is 12.8. The van der Waals surface area contributed by atoms with Crippen molar-refractivity contribution in [2.45, 2.75) is 6.18 Å². The summed E-state index contributed by atoms with van der Waals surface area (Å²) >= 11 is 11.9. The largest absolute Gasteiger partial charge is 0.416 e. The van der Waals surface area contributed by atoms with Crippen LogP contribution in [0.15, 0.2) is 12.1 Å². The topological polar surface area (TPSA) is 76.9 Å². The third-order valence-corrected chi connectivity index (χ3v) is 3.59. The number of hydrogen-bond donors (Lipinski definition) is 1. The Balaban J connectivity index is 2.65. The predicted molar refractivity (Wildman–Crippen MR) is 86.5 cm³/mol. The second kappa shape index (κ2) is 7.24. The van der Waals surface area contributed by atoms with E-state index in [1.54, 1.807) is 6.07 Å². The molecule has 0 atom stereocenters. The van der Waals surface area contributed by atoms with Crippen LogP contribution in [0.1, 0.15) is 16.8 Å². The van der Waals surface area contributed by atoms with Crippen molar-refractivity contribution in [1.29, 1.82) is 5.26 Å². The number of nitriles is 1. The maximum absolute atomic E-state index is 12.8. The Hall–Kier alpha value is -2.39. The lowest BCUT2D eigenvalue weighted by Crippen LogP contribution is -2.08. The van der Waals surface area contributed by atoms with Crippen LogP contribution in [-0.4, -0.2) is 23.5 Å². The number of aromatic nitrogens is 2. The number of ether oxygens (including phenoxy) is 1. The molecule has 10 heteroatoms. The molecule has 0 radical (unpaired) electrons. The lowest BCUT2D eigenvalue weighted by atomic mass is 10.2. The SMILES string of the molecule is COCC#Cc1c(C#N)nn(-c2c(Cl)cc(C(F)(F)F)cc2Cl)c1N. The predicted octanol–water partition coefficient (Wildman–Crippen LogP) is 3.65. The van der Waals surface area contributed by atoms with Crippen molar-refractivity contribution >= 4 is 29.0 Å². The molecule has 5 nitrogen and oxygen atoms in total. The molecule has 1 aromatic heterocycles. The highest BCUT2D eigenvalue weighted by atomic mass is 35.5. The van der Waals surface area contributed by atoms with Gasteiger partial charge in [-0.2, -0.15) is 23.5 Å². The fraction of sp³-hybridized carbons (Fsp3) is 0.200. The summed E-state index contributed by atoms with van der Waals surface area (Å²) in [5, 5.41) is 12.4. The first-order valence-electron chi connectivity index (χ1n) is 6.53. The molecule has 1 aromatic carbocycles. The van der Waals surface area contributed by atoms with Gasteiger partial charge in [-0.05, 0) is 12.1 Å². The van der Waals surface area contributed by atoms with Gasteiger partial charge in [-0.1, -0.05) is 35.0 Å².